The van der Waals surface area contributed by atoms with Crippen LogP contribution in [0.5, 0.6) is 0 Å². The summed E-state index contributed by atoms with van der Waals surface area (Å²) in [6, 6.07) is 17.9. The summed E-state index contributed by atoms with van der Waals surface area (Å²) < 4.78 is 6.10. The van der Waals surface area contributed by atoms with Crippen LogP contribution < -0.4 is 0 Å². The molecule has 3 nitrogen and oxygen atoms in total. The van der Waals surface area contributed by atoms with Crippen molar-refractivity contribution in [3.8, 4) is 0 Å². The molecule has 1 unspecified atom stereocenters. The van der Waals surface area contributed by atoms with E-state index in [0.717, 1.165) is 15.6 Å². The molecular weight excluding hydrogens is 318 g/mol. The van der Waals surface area contributed by atoms with E-state index in [-0.39, 0.29) is 12.1 Å². The number of cyclic esters (lactones) is 1. The first-order valence-corrected chi connectivity index (χ1v) is 7.29. The summed E-state index contributed by atoms with van der Waals surface area (Å²) in [4.78, 5) is 13.7. The predicted octanol–water partition coefficient (Wildman–Crippen LogP) is 3.99. The number of amides is 1. The average molecular weight is 332 g/mol. The number of nitrogens with zero attached hydrogens (tertiary/aromatic N) is 1. The summed E-state index contributed by atoms with van der Waals surface area (Å²) in [5.41, 5.74) is 2.15. The van der Waals surface area contributed by atoms with Crippen molar-refractivity contribution in [1.29, 1.82) is 0 Å². The maximum Gasteiger partial charge on any atom is 0.410 e. The van der Waals surface area contributed by atoms with Gasteiger partial charge in [0.2, 0.25) is 0 Å². The van der Waals surface area contributed by atoms with Gasteiger partial charge in [-0.05, 0) is 17.2 Å². The monoisotopic (exact) mass is 331 g/mol. The summed E-state index contributed by atoms with van der Waals surface area (Å²) in [6.45, 7) is 1.06. The molecular formula is C16H14BrNO2. The van der Waals surface area contributed by atoms with E-state index in [4.69, 9.17) is 4.74 Å². The van der Waals surface area contributed by atoms with Gasteiger partial charge in [0.15, 0.2) is 0 Å². The van der Waals surface area contributed by atoms with Crippen molar-refractivity contribution in [2.45, 2.75) is 6.04 Å². The van der Waals surface area contributed by atoms with Crippen LogP contribution in [0, 0.1) is 0 Å². The standard InChI is InChI=1S/C16H14BrNO2/c17-14-9-5-4-8-13(14)15(12-6-2-1-3-7-12)18-10-11-20-16(18)19/h1-9,15H,10-11H2. The van der Waals surface area contributed by atoms with Crippen LogP contribution in [0.3, 0.4) is 0 Å². The molecule has 0 N–H and O–H groups in total. The maximum atomic E-state index is 12.0. The second-order valence-corrected chi connectivity index (χ2v) is 5.50. The van der Waals surface area contributed by atoms with E-state index >= 15 is 0 Å². The van der Waals surface area contributed by atoms with Crippen molar-refractivity contribution in [2.75, 3.05) is 13.2 Å². The highest BCUT2D eigenvalue weighted by molar-refractivity contribution is 9.10. The summed E-state index contributed by atoms with van der Waals surface area (Å²) in [5.74, 6) is 0. The van der Waals surface area contributed by atoms with Crippen molar-refractivity contribution >= 4 is 22.0 Å². The Kier molecular flexibility index (Phi) is 3.74. The molecule has 1 heterocycles. The largest absolute Gasteiger partial charge is 0.448 e. The van der Waals surface area contributed by atoms with Gasteiger partial charge in [-0.2, -0.15) is 0 Å². The van der Waals surface area contributed by atoms with Crippen LogP contribution in [0.2, 0.25) is 0 Å². The number of hydrogen-bond acceptors (Lipinski definition) is 2. The van der Waals surface area contributed by atoms with Crippen LogP contribution in [0.25, 0.3) is 0 Å². The zero-order valence-corrected chi connectivity index (χ0v) is 12.4. The van der Waals surface area contributed by atoms with Gasteiger partial charge in [-0.15, -0.1) is 0 Å². The second-order valence-electron chi connectivity index (χ2n) is 4.64. The van der Waals surface area contributed by atoms with Crippen LogP contribution in [0.1, 0.15) is 17.2 Å². The van der Waals surface area contributed by atoms with Gasteiger partial charge in [0.05, 0.1) is 12.6 Å². The number of benzene rings is 2. The molecule has 1 aliphatic heterocycles. The van der Waals surface area contributed by atoms with E-state index in [9.17, 15) is 4.79 Å². The Bertz CT molecular complexity index is 615. The summed E-state index contributed by atoms with van der Waals surface area (Å²) >= 11 is 3.58. The first-order chi connectivity index (χ1) is 9.77. The van der Waals surface area contributed by atoms with Crippen molar-refractivity contribution in [1.82, 2.24) is 4.90 Å². The SMILES string of the molecule is O=C1OCCN1C(c1ccccc1)c1ccccc1Br. The van der Waals surface area contributed by atoms with Gasteiger partial charge in [-0.3, -0.25) is 4.90 Å². The molecule has 0 saturated carbocycles. The summed E-state index contributed by atoms with van der Waals surface area (Å²) in [6.07, 6.45) is -0.255. The van der Waals surface area contributed by atoms with E-state index in [1.165, 1.54) is 0 Å². The van der Waals surface area contributed by atoms with Crippen LogP contribution in [-0.2, 0) is 4.74 Å². The highest BCUT2D eigenvalue weighted by Gasteiger charge is 2.32. The minimum Gasteiger partial charge on any atom is -0.448 e. The Labute approximate surface area is 126 Å². The van der Waals surface area contributed by atoms with Crippen molar-refractivity contribution in [3.63, 3.8) is 0 Å². The lowest BCUT2D eigenvalue weighted by Gasteiger charge is -2.27. The fourth-order valence-corrected chi connectivity index (χ4v) is 3.00. The molecule has 1 saturated heterocycles. The minimum atomic E-state index is -0.255. The van der Waals surface area contributed by atoms with E-state index in [0.29, 0.717) is 13.2 Å². The Morgan fingerprint density at radius 2 is 1.75 bits per heavy atom. The molecule has 2 aromatic rings. The summed E-state index contributed by atoms with van der Waals surface area (Å²) in [7, 11) is 0. The number of hydrogen-bond donors (Lipinski definition) is 0. The summed E-state index contributed by atoms with van der Waals surface area (Å²) in [5, 5.41) is 0. The molecule has 1 amide bonds. The van der Waals surface area contributed by atoms with Crippen LogP contribution in [-0.4, -0.2) is 24.1 Å². The first kappa shape index (κ1) is 13.2. The molecule has 0 aromatic heterocycles. The highest BCUT2D eigenvalue weighted by atomic mass is 79.9. The Hall–Kier alpha value is -1.81. The van der Waals surface area contributed by atoms with E-state index in [1.807, 2.05) is 54.6 Å². The lowest BCUT2D eigenvalue weighted by molar-refractivity contribution is 0.152. The van der Waals surface area contributed by atoms with Crippen molar-refractivity contribution in [2.24, 2.45) is 0 Å². The van der Waals surface area contributed by atoms with Crippen molar-refractivity contribution in [3.05, 3.63) is 70.2 Å². The molecule has 0 radical (unpaired) electrons. The smallest absolute Gasteiger partial charge is 0.410 e. The minimum absolute atomic E-state index is 0.123. The third-order valence-corrected chi connectivity index (χ3v) is 4.14. The Morgan fingerprint density at radius 1 is 1.05 bits per heavy atom. The number of halogens is 1. The Morgan fingerprint density at radius 3 is 2.40 bits per heavy atom. The van der Waals surface area contributed by atoms with Crippen molar-refractivity contribution < 1.29 is 9.53 Å². The zero-order valence-electron chi connectivity index (χ0n) is 10.8. The Balaban J connectivity index is 2.09. The van der Waals surface area contributed by atoms with E-state index in [1.54, 1.807) is 4.90 Å². The molecule has 4 heteroatoms. The molecule has 2 aromatic carbocycles. The van der Waals surface area contributed by atoms with Crippen LogP contribution in [0.4, 0.5) is 4.79 Å². The lowest BCUT2D eigenvalue weighted by atomic mass is 9.97. The predicted molar refractivity (Wildman–Crippen MR) is 80.5 cm³/mol. The highest BCUT2D eigenvalue weighted by Crippen LogP contribution is 2.34. The molecule has 102 valence electrons. The molecule has 20 heavy (non-hydrogen) atoms. The van der Waals surface area contributed by atoms with E-state index < -0.39 is 0 Å². The zero-order chi connectivity index (χ0) is 13.9. The first-order valence-electron chi connectivity index (χ1n) is 6.50. The number of carbonyl (C=O) groups is 1. The van der Waals surface area contributed by atoms with Gasteiger partial charge in [0, 0.05) is 4.47 Å². The molecule has 0 spiro atoms. The van der Waals surface area contributed by atoms with E-state index in [2.05, 4.69) is 15.9 Å². The van der Waals surface area contributed by atoms with Crippen LogP contribution >= 0.6 is 15.9 Å². The molecule has 1 atom stereocenters. The van der Waals surface area contributed by atoms with Crippen LogP contribution in [0.15, 0.2) is 59.1 Å². The molecule has 0 bridgehead atoms. The second kappa shape index (κ2) is 5.67. The number of carbonyl (C=O) groups excluding carboxylic acids is 1. The van der Waals surface area contributed by atoms with Gasteiger partial charge in [-0.25, -0.2) is 4.79 Å². The average Bonchev–Trinajstić information content (AvgIpc) is 2.89. The van der Waals surface area contributed by atoms with Gasteiger partial charge in [-0.1, -0.05) is 64.5 Å². The fourth-order valence-electron chi connectivity index (χ4n) is 2.50. The van der Waals surface area contributed by atoms with Gasteiger partial charge in [0.25, 0.3) is 0 Å². The van der Waals surface area contributed by atoms with Gasteiger partial charge < -0.3 is 4.74 Å². The number of rotatable bonds is 3. The quantitative estimate of drug-likeness (QED) is 0.851. The number of ether oxygens (including phenoxy) is 1. The molecule has 0 aliphatic carbocycles. The lowest BCUT2D eigenvalue weighted by Crippen LogP contribution is -2.30. The van der Waals surface area contributed by atoms with Gasteiger partial charge in [0.1, 0.15) is 6.61 Å². The third kappa shape index (κ3) is 2.43. The topological polar surface area (TPSA) is 29.5 Å². The third-order valence-electron chi connectivity index (χ3n) is 3.42. The maximum absolute atomic E-state index is 12.0. The molecule has 1 fully saturated rings. The molecule has 3 rings (SSSR count). The normalized spacial score (nSPS) is 16.1. The van der Waals surface area contributed by atoms with Gasteiger partial charge >= 0.3 is 6.09 Å². The fraction of sp³-hybridized carbons (Fsp3) is 0.188. The molecule has 1 aliphatic rings.